The van der Waals surface area contributed by atoms with E-state index in [2.05, 4.69) is 5.32 Å². The van der Waals surface area contributed by atoms with Crippen LogP contribution in [0.15, 0.2) is 47.5 Å². The Bertz CT molecular complexity index is 1400. The molecule has 1 unspecified atom stereocenters. The molecule has 2 aromatic carbocycles. The molecular formula is C29H38N4O6S. The Balaban J connectivity index is 1.19. The number of benzene rings is 2. The van der Waals surface area contributed by atoms with Crippen LogP contribution in [-0.4, -0.2) is 78.8 Å². The number of fused-ring (bicyclic) bond motifs is 1. The zero-order valence-corrected chi connectivity index (χ0v) is 24.2. The van der Waals surface area contributed by atoms with Crippen molar-refractivity contribution >= 4 is 38.7 Å². The lowest BCUT2D eigenvalue weighted by Crippen LogP contribution is -2.51. The third kappa shape index (κ3) is 6.31. The average molecular weight is 571 g/mol. The highest BCUT2D eigenvalue weighted by molar-refractivity contribution is 7.89. The van der Waals surface area contributed by atoms with Gasteiger partial charge in [-0.1, -0.05) is 42.5 Å². The van der Waals surface area contributed by atoms with Gasteiger partial charge in [0.15, 0.2) is 0 Å². The first-order valence-electron chi connectivity index (χ1n) is 14.0. The number of amidine groups is 1. The van der Waals surface area contributed by atoms with Gasteiger partial charge in [-0.2, -0.15) is 0 Å². The minimum absolute atomic E-state index is 0.0181. The van der Waals surface area contributed by atoms with Crippen LogP contribution in [0.25, 0.3) is 10.8 Å². The molecule has 0 radical (unpaired) electrons. The van der Waals surface area contributed by atoms with E-state index in [0.29, 0.717) is 38.2 Å². The first kappa shape index (κ1) is 28.5. The molecule has 1 N–H and O–H groups in total. The fraction of sp³-hybridized carbons (Fsp3) is 0.552. The van der Waals surface area contributed by atoms with Gasteiger partial charge >= 0.3 is 6.16 Å². The summed E-state index contributed by atoms with van der Waals surface area (Å²) >= 11 is 0. The largest absolute Gasteiger partial charge is 0.528 e. The first-order valence-corrected chi connectivity index (χ1v) is 15.6. The van der Waals surface area contributed by atoms with E-state index < -0.39 is 27.3 Å². The van der Waals surface area contributed by atoms with Crippen LogP contribution in [0.3, 0.4) is 0 Å². The van der Waals surface area contributed by atoms with Crippen molar-refractivity contribution in [1.29, 1.82) is 0 Å². The molecule has 40 heavy (non-hydrogen) atoms. The summed E-state index contributed by atoms with van der Waals surface area (Å²) < 4.78 is 33.2. The summed E-state index contributed by atoms with van der Waals surface area (Å²) in [4.78, 5) is 35.4. The van der Waals surface area contributed by atoms with Gasteiger partial charge < -0.3 is 14.9 Å². The summed E-state index contributed by atoms with van der Waals surface area (Å²) in [7, 11) is -3.49. The van der Waals surface area contributed by atoms with Gasteiger partial charge in [0.2, 0.25) is 10.0 Å². The number of nitrogens with one attached hydrogen (secondary N) is 1. The minimum Gasteiger partial charge on any atom is -0.427 e. The lowest BCUT2D eigenvalue weighted by molar-refractivity contribution is -0.154. The lowest BCUT2D eigenvalue weighted by Gasteiger charge is -2.34. The van der Waals surface area contributed by atoms with Gasteiger partial charge in [-0.3, -0.25) is 9.79 Å². The van der Waals surface area contributed by atoms with E-state index in [9.17, 15) is 18.0 Å². The number of nitrogens with zero attached hydrogens (tertiary/aromatic N) is 3. The number of sulfonamides is 1. The molecule has 3 aliphatic rings. The first-order chi connectivity index (χ1) is 18.9. The third-order valence-electron chi connectivity index (χ3n) is 7.81. The second-order valence-corrected chi connectivity index (χ2v) is 14.0. The fourth-order valence-electron chi connectivity index (χ4n) is 5.71. The zero-order chi connectivity index (χ0) is 28.5. The van der Waals surface area contributed by atoms with Gasteiger partial charge in [0.25, 0.3) is 5.91 Å². The number of rotatable bonds is 6. The van der Waals surface area contributed by atoms with E-state index in [1.54, 1.807) is 25.8 Å². The molecule has 11 heteroatoms. The predicted molar refractivity (Wildman–Crippen MR) is 152 cm³/mol. The van der Waals surface area contributed by atoms with E-state index in [4.69, 9.17) is 14.6 Å². The molecule has 3 heterocycles. The molecule has 0 bridgehead atoms. The van der Waals surface area contributed by atoms with Crippen molar-refractivity contribution < 1.29 is 27.6 Å². The van der Waals surface area contributed by atoms with Gasteiger partial charge in [-0.15, -0.1) is 5.06 Å². The standard InChI is InChI=1S/C29H38N4O6S/c1-28(2,3)38-27(35)39-32-16-7-11-23(20-32)25-30-26(34)29(31-25)14-17-33(18-15-29)40(36,37)19-13-22-10-6-9-21-8-4-5-12-24(21)22/h4-6,8-10,12,23H,7,11,13-20H2,1-3H3,(H,30,31,34). The number of carbonyl (C=O) groups is 2. The number of piperidine rings is 2. The Hall–Kier alpha value is -3.02. The van der Waals surface area contributed by atoms with Crippen LogP contribution in [0.4, 0.5) is 4.79 Å². The summed E-state index contributed by atoms with van der Waals surface area (Å²) in [6.07, 6.45) is 1.92. The summed E-state index contributed by atoms with van der Waals surface area (Å²) in [5, 5.41) is 6.68. The van der Waals surface area contributed by atoms with Crippen molar-refractivity contribution in [3.8, 4) is 0 Å². The van der Waals surface area contributed by atoms with Crippen molar-refractivity contribution in [1.82, 2.24) is 14.7 Å². The number of aliphatic imine (C=N–C) groups is 1. The molecule has 1 spiro atoms. The van der Waals surface area contributed by atoms with Crippen LogP contribution in [0, 0.1) is 5.92 Å². The quantitative estimate of drug-likeness (QED) is 0.527. The molecule has 1 amide bonds. The number of ether oxygens (including phenoxy) is 1. The number of carbonyl (C=O) groups excluding carboxylic acids is 2. The number of aryl methyl sites for hydroxylation is 1. The van der Waals surface area contributed by atoms with Crippen molar-refractivity contribution in [3.05, 3.63) is 48.0 Å². The summed E-state index contributed by atoms with van der Waals surface area (Å²) in [5.74, 6) is 0.335. The van der Waals surface area contributed by atoms with Crippen molar-refractivity contribution in [3.63, 3.8) is 0 Å². The maximum absolute atomic E-state index is 13.2. The smallest absolute Gasteiger partial charge is 0.427 e. The minimum atomic E-state index is -3.49. The third-order valence-corrected chi connectivity index (χ3v) is 9.69. The SMILES string of the molecule is CC(C)(C)OC(=O)ON1CCCC(C2=NC3(CCN(S(=O)(=O)CCc4cccc5ccccc45)CC3)C(=O)N2)C1. The van der Waals surface area contributed by atoms with Crippen molar-refractivity contribution in [2.75, 3.05) is 31.9 Å². The van der Waals surface area contributed by atoms with Crippen LogP contribution in [0.5, 0.6) is 0 Å². The number of hydroxylamine groups is 2. The normalized spacial score (nSPS) is 22.2. The molecule has 216 valence electrons. The predicted octanol–water partition coefficient (Wildman–Crippen LogP) is 3.65. The Morgan fingerprint density at radius 2 is 1.82 bits per heavy atom. The highest BCUT2D eigenvalue weighted by atomic mass is 32.2. The highest BCUT2D eigenvalue weighted by Gasteiger charge is 2.48. The second-order valence-electron chi connectivity index (χ2n) is 11.9. The number of hydrogen-bond donors (Lipinski definition) is 1. The summed E-state index contributed by atoms with van der Waals surface area (Å²) in [5.41, 5.74) is -0.595. The molecule has 3 aliphatic heterocycles. The average Bonchev–Trinajstić information content (AvgIpc) is 3.22. The Morgan fingerprint density at radius 1 is 1.10 bits per heavy atom. The Labute approximate surface area is 235 Å². The van der Waals surface area contributed by atoms with Crippen LogP contribution >= 0.6 is 0 Å². The number of hydrogen-bond acceptors (Lipinski definition) is 8. The second kappa shape index (κ2) is 11.1. The molecule has 1 atom stereocenters. The molecule has 2 saturated heterocycles. The van der Waals surface area contributed by atoms with E-state index in [1.807, 2.05) is 42.5 Å². The van der Waals surface area contributed by atoms with Crippen molar-refractivity contribution in [2.24, 2.45) is 10.9 Å². The molecular weight excluding hydrogens is 532 g/mol. The van der Waals surface area contributed by atoms with Gasteiger partial charge in [0.1, 0.15) is 17.0 Å². The fourth-order valence-corrected chi connectivity index (χ4v) is 7.18. The Morgan fingerprint density at radius 3 is 2.58 bits per heavy atom. The van der Waals surface area contributed by atoms with E-state index in [1.165, 1.54) is 4.31 Å². The van der Waals surface area contributed by atoms with Crippen LogP contribution in [0.2, 0.25) is 0 Å². The van der Waals surface area contributed by atoms with Gasteiger partial charge in [-0.05, 0) is 69.2 Å². The van der Waals surface area contributed by atoms with E-state index >= 15 is 0 Å². The van der Waals surface area contributed by atoms with E-state index in [-0.39, 0.29) is 30.7 Å². The monoisotopic (exact) mass is 570 g/mol. The topological polar surface area (TPSA) is 118 Å². The summed E-state index contributed by atoms with van der Waals surface area (Å²) in [6, 6.07) is 13.9. The van der Waals surface area contributed by atoms with Gasteiger partial charge in [-0.25, -0.2) is 17.5 Å². The molecule has 2 fully saturated rings. The Kier molecular flexibility index (Phi) is 7.91. The molecule has 0 saturated carbocycles. The van der Waals surface area contributed by atoms with Crippen LogP contribution in [0.1, 0.15) is 52.0 Å². The van der Waals surface area contributed by atoms with Gasteiger partial charge in [0.05, 0.1) is 5.75 Å². The number of amides is 1. The van der Waals surface area contributed by atoms with Crippen molar-refractivity contribution in [2.45, 2.75) is 64.0 Å². The van der Waals surface area contributed by atoms with Crippen LogP contribution in [-0.2, 0) is 30.8 Å². The zero-order valence-electron chi connectivity index (χ0n) is 23.4. The maximum Gasteiger partial charge on any atom is 0.528 e. The van der Waals surface area contributed by atoms with E-state index in [0.717, 1.165) is 29.2 Å². The van der Waals surface area contributed by atoms with Gasteiger partial charge in [0, 0.05) is 32.1 Å². The molecule has 2 aromatic rings. The lowest BCUT2D eigenvalue weighted by atomic mass is 9.89. The highest BCUT2D eigenvalue weighted by Crippen LogP contribution is 2.34. The molecule has 0 aliphatic carbocycles. The summed E-state index contributed by atoms with van der Waals surface area (Å²) in [6.45, 7) is 6.81. The molecule has 5 rings (SSSR count). The molecule has 0 aromatic heterocycles. The van der Waals surface area contributed by atoms with Crippen LogP contribution < -0.4 is 5.32 Å². The maximum atomic E-state index is 13.2. The molecule has 10 nitrogen and oxygen atoms in total.